The van der Waals surface area contributed by atoms with Gasteiger partial charge in [0.05, 0.1) is 12.2 Å². The van der Waals surface area contributed by atoms with Crippen molar-refractivity contribution in [3.8, 4) is 0 Å². The fourth-order valence-corrected chi connectivity index (χ4v) is 3.96. The van der Waals surface area contributed by atoms with E-state index in [1.807, 2.05) is 6.07 Å². The Balaban J connectivity index is 1.20. The normalized spacial score (nSPS) is 28.4. The first-order valence-corrected chi connectivity index (χ1v) is 8.80. The van der Waals surface area contributed by atoms with Crippen LogP contribution in [0.5, 0.6) is 0 Å². The molecule has 1 spiro atoms. The molecule has 1 atom stereocenters. The van der Waals surface area contributed by atoms with E-state index >= 15 is 0 Å². The van der Waals surface area contributed by atoms with Crippen molar-refractivity contribution in [2.75, 3.05) is 44.8 Å². The van der Waals surface area contributed by atoms with E-state index in [-0.39, 0.29) is 5.60 Å². The minimum absolute atomic E-state index is 0.137. The first-order valence-electron chi connectivity index (χ1n) is 8.80. The number of anilines is 1. The summed E-state index contributed by atoms with van der Waals surface area (Å²) in [6, 6.07) is 2.55. The Hall–Kier alpha value is -1.24. The van der Waals surface area contributed by atoms with Gasteiger partial charge in [0.1, 0.15) is 0 Å². The number of hydrogen-bond donors (Lipinski definition) is 1. The van der Waals surface area contributed by atoms with Crippen molar-refractivity contribution in [1.29, 1.82) is 0 Å². The molecule has 3 saturated heterocycles. The summed E-state index contributed by atoms with van der Waals surface area (Å²) >= 11 is 0. The zero-order valence-corrected chi connectivity index (χ0v) is 13.6. The highest BCUT2D eigenvalue weighted by molar-refractivity contribution is 5.22. The number of aromatic nitrogens is 2. The van der Waals surface area contributed by atoms with Gasteiger partial charge in [-0.15, -0.1) is 0 Å². The van der Waals surface area contributed by atoms with Crippen molar-refractivity contribution in [2.24, 2.45) is 5.92 Å². The maximum Gasteiger partial charge on any atom is 0.222 e. The van der Waals surface area contributed by atoms with Crippen LogP contribution < -0.4 is 5.32 Å². The molecule has 1 unspecified atom stereocenters. The van der Waals surface area contributed by atoms with Crippen molar-refractivity contribution in [3.05, 3.63) is 18.5 Å². The monoisotopic (exact) mass is 318 g/mol. The van der Waals surface area contributed by atoms with E-state index < -0.39 is 0 Å². The molecular formula is C17H26N4O2. The summed E-state index contributed by atoms with van der Waals surface area (Å²) < 4.78 is 11.7. The molecule has 0 radical (unpaired) electrons. The third-order valence-electron chi connectivity index (χ3n) is 5.44. The molecule has 0 amide bonds. The molecule has 4 heterocycles. The van der Waals surface area contributed by atoms with E-state index in [4.69, 9.17) is 9.47 Å². The second-order valence-electron chi connectivity index (χ2n) is 7.10. The maximum absolute atomic E-state index is 6.27. The molecule has 23 heavy (non-hydrogen) atoms. The number of nitrogens with one attached hydrogen (secondary N) is 1. The van der Waals surface area contributed by atoms with Gasteiger partial charge in [-0.1, -0.05) is 0 Å². The molecular weight excluding hydrogens is 292 g/mol. The number of likely N-dealkylation sites (tertiary alicyclic amines) is 1. The van der Waals surface area contributed by atoms with Crippen molar-refractivity contribution in [1.82, 2.24) is 14.9 Å². The molecule has 1 aromatic heterocycles. The molecule has 0 bridgehead atoms. The molecule has 0 aliphatic carbocycles. The summed E-state index contributed by atoms with van der Waals surface area (Å²) in [5.74, 6) is 1.27. The summed E-state index contributed by atoms with van der Waals surface area (Å²) in [4.78, 5) is 11.0. The van der Waals surface area contributed by atoms with Gasteiger partial charge in [0.2, 0.25) is 5.95 Å². The molecule has 3 fully saturated rings. The molecule has 1 aromatic rings. The van der Waals surface area contributed by atoms with Gasteiger partial charge >= 0.3 is 0 Å². The van der Waals surface area contributed by atoms with Crippen LogP contribution in [0, 0.1) is 5.92 Å². The van der Waals surface area contributed by atoms with E-state index in [1.165, 1.54) is 25.7 Å². The van der Waals surface area contributed by atoms with Gasteiger partial charge in [-0.3, -0.25) is 4.90 Å². The summed E-state index contributed by atoms with van der Waals surface area (Å²) in [5.41, 5.74) is 0.137. The molecule has 126 valence electrons. The van der Waals surface area contributed by atoms with E-state index in [2.05, 4.69) is 20.2 Å². The Morgan fingerprint density at radius 3 is 2.65 bits per heavy atom. The number of ether oxygens (including phenoxy) is 2. The summed E-state index contributed by atoms with van der Waals surface area (Å²) in [6.07, 6.45) is 8.29. The van der Waals surface area contributed by atoms with E-state index in [9.17, 15) is 0 Å². The largest absolute Gasteiger partial charge is 0.381 e. The van der Waals surface area contributed by atoms with E-state index in [0.717, 1.165) is 39.5 Å². The maximum atomic E-state index is 6.27. The van der Waals surface area contributed by atoms with Crippen LogP contribution in [-0.4, -0.2) is 66.0 Å². The zero-order chi connectivity index (χ0) is 15.5. The fraction of sp³-hybridized carbons (Fsp3) is 0.765. The minimum atomic E-state index is 0.137. The third-order valence-corrected chi connectivity index (χ3v) is 5.44. The average Bonchev–Trinajstić information content (AvgIpc) is 2.60. The van der Waals surface area contributed by atoms with Crippen molar-refractivity contribution >= 4 is 5.95 Å². The van der Waals surface area contributed by atoms with Crippen LogP contribution in [-0.2, 0) is 9.47 Å². The number of nitrogens with zero attached hydrogens (tertiary/aromatic N) is 3. The highest BCUT2D eigenvalue weighted by atomic mass is 16.5. The molecule has 3 aliphatic rings. The molecule has 0 aromatic carbocycles. The van der Waals surface area contributed by atoms with Crippen LogP contribution in [0.3, 0.4) is 0 Å². The number of rotatable bonds is 4. The second-order valence-corrected chi connectivity index (χ2v) is 7.10. The Morgan fingerprint density at radius 2 is 1.96 bits per heavy atom. The Labute approximate surface area is 137 Å². The highest BCUT2D eigenvalue weighted by Crippen LogP contribution is 2.38. The van der Waals surface area contributed by atoms with Crippen LogP contribution in [0.15, 0.2) is 18.5 Å². The lowest BCUT2D eigenvalue weighted by atomic mass is 9.81. The van der Waals surface area contributed by atoms with Gasteiger partial charge in [0.25, 0.3) is 0 Å². The summed E-state index contributed by atoms with van der Waals surface area (Å²) in [6.45, 7) is 5.80. The molecule has 3 aliphatic heterocycles. The van der Waals surface area contributed by atoms with Crippen LogP contribution in [0.1, 0.15) is 25.7 Å². The SMILES string of the molecule is c1cnc(NCC2CCC3(CN(C4CCOCC4)C3)OC2)nc1. The second kappa shape index (κ2) is 6.71. The van der Waals surface area contributed by atoms with E-state index in [0.29, 0.717) is 17.9 Å². The van der Waals surface area contributed by atoms with Gasteiger partial charge in [-0.25, -0.2) is 9.97 Å². The molecule has 0 saturated carbocycles. The summed E-state index contributed by atoms with van der Waals surface area (Å²) in [5, 5.41) is 3.31. The van der Waals surface area contributed by atoms with Gasteiger partial charge in [0.15, 0.2) is 0 Å². The smallest absolute Gasteiger partial charge is 0.222 e. The van der Waals surface area contributed by atoms with Gasteiger partial charge in [-0.05, 0) is 37.7 Å². The lowest BCUT2D eigenvalue weighted by Gasteiger charge is -2.55. The highest BCUT2D eigenvalue weighted by Gasteiger charge is 2.48. The van der Waals surface area contributed by atoms with Gasteiger partial charge < -0.3 is 14.8 Å². The quantitative estimate of drug-likeness (QED) is 0.909. The van der Waals surface area contributed by atoms with E-state index in [1.54, 1.807) is 12.4 Å². The topological polar surface area (TPSA) is 59.5 Å². The van der Waals surface area contributed by atoms with Crippen molar-refractivity contribution in [3.63, 3.8) is 0 Å². The third kappa shape index (κ3) is 3.49. The lowest BCUT2D eigenvalue weighted by Crippen LogP contribution is -2.67. The fourth-order valence-electron chi connectivity index (χ4n) is 3.96. The molecule has 1 N–H and O–H groups in total. The van der Waals surface area contributed by atoms with Gasteiger partial charge in [-0.2, -0.15) is 0 Å². The van der Waals surface area contributed by atoms with Gasteiger partial charge in [0, 0.05) is 51.3 Å². The predicted molar refractivity (Wildman–Crippen MR) is 87.3 cm³/mol. The molecule has 6 heteroatoms. The predicted octanol–water partition coefficient (Wildman–Crippen LogP) is 1.55. The minimum Gasteiger partial charge on any atom is -0.381 e. The zero-order valence-electron chi connectivity index (χ0n) is 13.6. The molecule has 6 nitrogen and oxygen atoms in total. The molecule has 4 rings (SSSR count). The van der Waals surface area contributed by atoms with Crippen molar-refractivity contribution in [2.45, 2.75) is 37.3 Å². The van der Waals surface area contributed by atoms with Crippen molar-refractivity contribution < 1.29 is 9.47 Å². The lowest BCUT2D eigenvalue weighted by molar-refractivity contribution is -0.193. The number of hydrogen-bond acceptors (Lipinski definition) is 6. The van der Waals surface area contributed by atoms with Crippen LogP contribution in [0.4, 0.5) is 5.95 Å². The van der Waals surface area contributed by atoms with Crippen LogP contribution >= 0.6 is 0 Å². The van der Waals surface area contributed by atoms with Crippen LogP contribution in [0.2, 0.25) is 0 Å². The Morgan fingerprint density at radius 1 is 1.17 bits per heavy atom. The standard InChI is InChI=1S/C17H26N4O2/c1-6-18-16(19-7-1)20-10-14-2-5-17(23-11-14)12-21(13-17)15-3-8-22-9-4-15/h1,6-7,14-15H,2-5,8-13H2,(H,18,19,20). The summed E-state index contributed by atoms with van der Waals surface area (Å²) in [7, 11) is 0. The Bertz CT molecular complexity index is 491. The first-order chi connectivity index (χ1) is 11.3. The van der Waals surface area contributed by atoms with Crippen LogP contribution in [0.25, 0.3) is 0 Å². The Kier molecular flexibility index (Phi) is 4.46. The first kappa shape index (κ1) is 15.3. The average molecular weight is 318 g/mol.